The number of nitrogens with one attached hydrogen (secondary N) is 2. The second kappa shape index (κ2) is 8.37. The summed E-state index contributed by atoms with van der Waals surface area (Å²) in [5.74, 6) is -1.69. The number of aromatic amines is 1. The monoisotopic (exact) mass is 433 g/mol. The molecule has 1 aromatic carbocycles. The molecule has 0 radical (unpaired) electrons. The number of halogens is 1. The maximum absolute atomic E-state index is 13.8. The van der Waals surface area contributed by atoms with E-state index in [9.17, 15) is 18.8 Å². The Balaban J connectivity index is 1.46. The molecule has 3 heterocycles. The van der Waals surface area contributed by atoms with E-state index in [1.54, 1.807) is 32.0 Å². The quantitative estimate of drug-likeness (QED) is 0.710. The molecule has 0 aliphatic carbocycles. The van der Waals surface area contributed by atoms with E-state index in [1.807, 2.05) is 0 Å². The molecule has 0 bridgehead atoms. The van der Waals surface area contributed by atoms with Crippen LogP contribution in [-0.2, 0) is 25.4 Å². The van der Waals surface area contributed by atoms with Gasteiger partial charge in [0, 0.05) is 18.8 Å². The molecule has 9 nitrogen and oxygen atoms in total. The highest BCUT2D eigenvalue weighted by Crippen LogP contribution is 2.39. The fourth-order valence-corrected chi connectivity index (χ4v) is 4.01. The van der Waals surface area contributed by atoms with Gasteiger partial charge in [0.05, 0.1) is 19.1 Å². The van der Waals surface area contributed by atoms with Crippen LogP contribution in [0.15, 0.2) is 46.1 Å². The van der Waals surface area contributed by atoms with Gasteiger partial charge in [-0.15, -0.1) is 0 Å². The first kappa shape index (κ1) is 21.4. The van der Waals surface area contributed by atoms with Crippen LogP contribution in [0.3, 0.4) is 0 Å². The van der Waals surface area contributed by atoms with Crippen molar-refractivity contribution in [3.05, 3.63) is 68.7 Å². The van der Waals surface area contributed by atoms with Crippen molar-refractivity contribution in [1.82, 2.24) is 14.9 Å². The number of rotatable bonds is 5. The molecule has 10 heteroatoms. The number of fused-ring (bicyclic) bond motifs is 1. The molecule has 2 aliphatic rings. The normalized spacial score (nSPS) is 26.9. The largest absolute Gasteiger partial charge is 0.371 e. The molecule has 0 unspecified atom stereocenters. The number of amides is 1. The van der Waals surface area contributed by atoms with E-state index in [2.05, 4.69) is 10.3 Å². The molecule has 2 fully saturated rings. The van der Waals surface area contributed by atoms with Crippen LogP contribution in [0.25, 0.3) is 0 Å². The number of benzene rings is 1. The Morgan fingerprint density at radius 1 is 1.23 bits per heavy atom. The van der Waals surface area contributed by atoms with E-state index in [0.29, 0.717) is 5.56 Å². The molecule has 2 aliphatic heterocycles. The van der Waals surface area contributed by atoms with Gasteiger partial charge in [-0.3, -0.25) is 19.1 Å². The standard InChI is InChI=1S/C21H24FN3O6/c1-21(2)30-18-14(25-8-7-16(26)24-20(25)28)11-29-15(19(18)31-21)10-23-17(27)9-12-5-3-4-6-13(12)22/h3-8,14-15,18-19H,9-11H2,1-2H3,(H,23,27)(H,24,26,28)/t14-,15-,18+,19-/m1/s1. The second-order valence-corrected chi connectivity index (χ2v) is 8.09. The molecule has 31 heavy (non-hydrogen) atoms. The van der Waals surface area contributed by atoms with Gasteiger partial charge in [-0.05, 0) is 25.5 Å². The maximum atomic E-state index is 13.8. The van der Waals surface area contributed by atoms with Crippen molar-refractivity contribution < 1.29 is 23.4 Å². The van der Waals surface area contributed by atoms with Gasteiger partial charge in [0.1, 0.15) is 24.1 Å². The van der Waals surface area contributed by atoms with Crippen LogP contribution in [0.1, 0.15) is 25.5 Å². The highest BCUT2D eigenvalue weighted by atomic mass is 19.1. The Kier molecular flexibility index (Phi) is 5.78. The summed E-state index contributed by atoms with van der Waals surface area (Å²) in [6, 6.07) is 6.85. The molecule has 4 rings (SSSR count). The minimum Gasteiger partial charge on any atom is -0.371 e. The van der Waals surface area contributed by atoms with Gasteiger partial charge in [-0.25, -0.2) is 9.18 Å². The summed E-state index contributed by atoms with van der Waals surface area (Å²) >= 11 is 0. The van der Waals surface area contributed by atoms with Gasteiger partial charge in [0.25, 0.3) is 5.56 Å². The summed E-state index contributed by atoms with van der Waals surface area (Å²) in [6.07, 6.45) is -0.295. The number of aromatic nitrogens is 2. The molecule has 2 N–H and O–H groups in total. The summed E-state index contributed by atoms with van der Waals surface area (Å²) in [5, 5.41) is 2.76. The number of carbonyl (C=O) groups is 1. The Hall–Kier alpha value is -2.82. The molecule has 1 aromatic heterocycles. The van der Waals surface area contributed by atoms with E-state index >= 15 is 0 Å². The number of H-pyrrole nitrogens is 1. The van der Waals surface area contributed by atoms with Crippen molar-refractivity contribution in [2.75, 3.05) is 13.2 Å². The molecule has 166 valence electrons. The van der Waals surface area contributed by atoms with Gasteiger partial charge in [-0.2, -0.15) is 0 Å². The lowest BCUT2D eigenvalue weighted by Gasteiger charge is -2.37. The molecular formula is C21H24FN3O6. The van der Waals surface area contributed by atoms with Crippen LogP contribution in [0.2, 0.25) is 0 Å². The van der Waals surface area contributed by atoms with Crippen LogP contribution in [0, 0.1) is 5.82 Å². The van der Waals surface area contributed by atoms with Gasteiger partial charge in [0.15, 0.2) is 5.79 Å². The lowest BCUT2D eigenvalue weighted by molar-refractivity contribution is -0.153. The molecule has 0 spiro atoms. The number of hydrogen-bond donors (Lipinski definition) is 2. The molecule has 1 amide bonds. The van der Waals surface area contributed by atoms with Crippen LogP contribution < -0.4 is 16.6 Å². The summed E-state index contributed by atoms with van der Waals surface area (Å²) in [5.41, 5.74) is -0.750. The van der Waals surface area contributed by atoms with Crippen LogP contribution in [0.5, 0.6) is 0 Å². The second-order valence-electron chi connectivity index (χ2n) is 8.09. The van der Waals surface area contributed by atoms with Crippen LogP contribution >= 0.6 is 0 Å². The van der Waals surface area contributed by atoms with E-state index in [0.717, 1.165) is 0 Å². The van der Waals surface area contributed by atoms with E-state index in [4.69, 9.17) is 14.2 Å². The highest BCUT2D eigenvalue weighted by molar-refractivity contribution is 5.78. The first-order valence-corrected chi connectivity index (χ1v) is 10.0. The average Bonchev–Trinajstić information content (AvgIpc) is 3.03. The van der Waals surface area contributed by atoms with Crippen LogP contribution in [0.4, 0.5) is 4.39 Å². The third kappa shape index (κ3) is 4.60. The van der Waals surface area contributed by atoms with E-state index < -0.39 is 47.2 Å². The third-order valence-corrected chi connectivity index (χ3v) is 5.41. The number of hydrogen-bond acceptors (Lipinski definition) is 6. The predicted molar refractivity (Wildman–Crippen MR) is 107 cm³/mol. The zero-order valence-electron chi connectivity index (χ0n) is 17.2. The first-order chi connectivity index (χ1) is 14.7. The number of ether oxygens (including phenoxy) is 3. The smallest absolute Gasteiger partial charge is 0.328 e. The van der Waals surface area contributed by atoms with E-state index in [-0.39, 0.29) is 25.5 Å². The molecular weight excluding hydrogens is 409 g/mol. The van der Waals surface area contributed by atoms with Gasteiger partial charge >= 0.3 is 5.69 Å². The lowest BCUT2D eigenvalue weighted by Crippen LogP contribution is -2.54. The minimum atomic E-state index is -0.914. The van der Waals surface area contributed by atoms with Crippen molar-refractivity contribution >= 4 is 5.91 Å². The Morgan fingerprint density at radius 3 is 2.71 bits per heavy atom. The van der Waals surface area contributed by atoms with Crippen molar-refractivity contribution in [1.29, 1.82) is 0 Å². The van der Waals surface area contributed by atoms with Crippen LogP contribution in [-0.4, -0.2) is 52.7 Å². The van der Waals surface area contributed by atoms with E-state index in [1.165, 1.54) is 22.9 Å². The maximum Gasteiger partial charge on any atom is 0.328 e. The molecule has 2 aromatic rings. The first-order valence-electron chi connectivity index (χ1n) is 10.0. The fourth-order valence-electron chi connectivity index (χ4n) is 4.01. The Bertz CT molecular complexity index is 1080. The average molecular weight is 433 g/mol. The van der Waals surface area contributed by atoms with Crippen molar-refractivity contribution in [2.45, 2.75) is 50.4 Å². The Labute approximate surface area is 177 Å². The summed E-state index contributed by atoms with van der Waals surface area (Å²) in [6.45, 7) is 3.78. The summed E-state index contributed by atoms with van der Waals surface area (Å²) < 4.78 is 33.1. The minimum absolute atomic E-state index is 0.0915. The lowest BCUT2D eigenvalue weighted by atomic mass is 9.97. The number of carbonyl (C=O) groups excluding carboxylic acids is 1. The number of nitrogens with zero attached hydrogens (tertiary/aromatic N) is 1. The SMILES string of the molecule is CC1(C)O[C@@H]2[C@H](O1)[C@@H](CNC(=O)Cc1ccccc1F)OC[C@H]2n1ccc(=O)[nH]c1=O. The van der Waals surface area contributed by atoms with Gasteiger partial charge in [0.2, 0.25) is 5.91 Å². The highest BCUT2D eigenvalue weighted by Gasteiger charge is 2.52. The zero-order valence-corrected chi connectivity index (χ0v) is 17.2. The van der Waals surface area contributed by atoms with Gasteiger partial charge < -0.3 is 19.5 Å². The Morgan fingerprint density at radius 2 is 1.97 bits per heavy atom. The van der Waals surface area contributed by atoms with Crippen molar-refractivity contribution in [2.24, 2.45) is 0 Å². The predicted octanol–water partition coefficient (Wildman–Crippen LogP) is 0.495. The summed E-state index contributed by atoms with van der Waals surface area (Å²) in [7, 11) is 0. The molecule has 0 saturated carbocycles. The van der Waals surface area contributed by atoms with Gasteiger partial charge in [-0.1, -0.05) is 18.2 Å². The zero-order chi connectivity index (χ0) is 22.2. The molecule has 2 saturated heterocycles. The van der Waals surface area contributed by atoms with Crippen molar-refractivity contribution in [3.8, 4) is 0 Å². The topological polar surface area (TPSA) is 112 Å². The van der Waals surface area contributed by atoms with Crippen molar-refractivity contribution in [3.63, 3.8) is 0 Å². The third-order valence-electron chi connectivity index (χ3n) is 5.41. The fraction of sp³-hybridized carbons (Fsp3) is 0.476. The summed E-state index contributed by atoms with van der Waals surface area (Å²) in [4.78, 5) is 38.2. The molecule has 4 atom stereocenters.